The van der Waals surface area contributed by atoms with Crippen LogP contribution < -0.4 is 0 Å². The quantitative estimate of drug-likeness (QED) is 0.0848. The molecule has 0 saturated heterocycles. The molecule has 4 saturated carbocycles. The molecule has 10 heteroatoms. The zero-order chi connectivity index (χ0) is 93.6. The van der Waals surface area contributed by atoms with Crippen LogP contribution in [0.3, 0.4) is 0 Å². The van der Waals surface area contributed by atoms with Gasteiger partial charge >= 0.3 is 6.18 Å². The molecular weight excluding hydrogens is 1560 g/mol. The molecule has 8 aromatic rings. The lowest BCUT2D eigenvalue weighted by Gasteiger charge is -2.58. The highest BCUT2D eigenvalue weighted by molar-refractivity contribution is 6.36. The Labute approximate surface area is 744 Å². The van der Waals surface area contributed by atoms with E-state index in [4.69, 9.17) is 23.2 Å². The molecule has 4 fully saturated rings. The lowest BCUT2D eigenvalue weighted by Crippen LogP contribution is -2.48. The van der Waals surface area contributed by atoms with Gasteiger partial charge in [-0.05, 0) is 254 Å². The van der Waals surface area contributed by atoms with E-state index in [-0.39, 0.29) is 10.8 Å². The van der Waals surface area contributed by atoms with Crippen molar-refractivity contribution in [3.05, 3.63) is 280 Å². The van der Waals surface area contributed by atoms with Crippen molar-refractivity contribution in [2.45, 2.75) is 370 Å². The molecule has 4 bridgehead atoms. The van der Waals surface area contributed by atoms with Crippen LogP contribution in [-0.4, -0.2) is 0 Å². The highest BCUT2D eigenvalue weighted by Crippen LogP contribution is 2.62. The maximum absolute atomic E-state index is 13.2. The fourth-order valence-corrected chi connectivity index (χ4v) is 17.7. The first-order valence-electron chi connectivity index (χ1n) is 44.7. The smallest absolute Gasteiger partial charge is 0.203 e. The summed E-state index contributed by atoms with van der Waals surface area (Å²) in [6, 6.07) is 50.6. The summed E-state index contributed by atoms with van der Waals surface area (Å²) in [6.07, 6.45) is 5.25. The van der Waals surface area contributed by atoms with Gasteiger partial charge in [0.1, 0.15) is 0 Å². The highest BCUT2D eigenvalue weighted by Gasteiger charge is 2.52. The van der Waals surface area contributed by atoms with Crippen LogP contribution in [0.4, 0.5) is 35.1 Å². The van der Waals surface area contributed by atoms with Gasteiger partial charge in [0.05, 0.1) is 5.56 Å². The number of benzene rings is 8. The summed E-state index contributed by atoms with van der Waals surface area (Å²) in [5.41, 5.74) is 18.0. The van der Waals surface area contributed by atoms with Crippen molar-refractivity contribution in [1.29, 1.82) is 0 Å². The minimum Gasteiger partial charge on any atom is -0.203 e. The Hall–Kier alpha value is -6.22. The molecule has 0 spiro atoms. The SMILES string of the molecule is CC(C)(C)c1c(F)c(F)c(F)c(F)c1F.CC(C)(C)c1ccccc1.CC(C)(C)c1ccccc1C(F)(F)F.CC(C)C(C)(C)C.CC(C)C12CC3CC(CC(C3)C1)C2.CC(C)c1c(Cl)cccc1Cl.CC(C)c1cccc(C(C)C)c1C(C)C.CC(C)c1ccccc1C(C)(C)C.Cc1cc(C)cc(C(C)C)c1.Cc1cccc(C)c1C(C)(C)C. The molecule has 12 rings (SSSR count). The van der Waals surface area contributed by atoms with Gasteiger partial charge in [0, 0.05) is 15.6 Å². The second-order valence-corrected chi connectivity index (χ2v) is 44.1. The van der Waals surface area contributed by atoms with Crippen molar-refractivity contribution in [3.63, 3.8) is 0 Å². The largest absolute Gasteiger partial charge is 0.416 e. The summed E-state index contributed by atoms with van der Waals surface area (Å²) < 4.78 is 102. The van der Waals surface area contributed by atoms with Crippen molar-refractivity contribution in [3.8, 4) is 0 Å². The Morgan fingerprint density at radius 3 is 0.917 bits per heavy atom. The lowest BCUT2D eigenvalue weighted by atomic mass is 9.47. The van der Waals surface area contributed by atoms with Gasteiger partial charge in [0.2, 0.25) is 5.82 Å². The van der Waals surface area contributed by atoms with Gasteiger partial charge in [0.15, 0.2) is 23.3 Å². The van der Waals surface area contributed by atoms with Gasteiger partial charge in [-0.1, -0.05) is 403 Å². The average Bonchev–Trinajstić information content (AvgIpc) is 0.747. The minimum absolute atomic E-state index is 0.265. The van der Waals surface area contributed by atoms with Crippen LogP contribution in [-0.2, 0) is 33.3 Å². The van der Waals surface area contributed by atoms with Crippen molar-refractivity contribution < 1.29 is 35.1 Å². The molecule has 0 heterocycles. The number of hydrogen-bond acceptors (Lipinski definition) is 0. The Kier molecular flexibility index (Phi) is 43.4. The Bertz CT molecular complexity index is 4220. The fraction of sp³-hybridized carbons (Fsp3) is 0.568. The third-order valence-electron chi connectivity index (χ3n) is 23.8. The molecule has 0 amide bonds. The average molecular weight is 1720 g/mol. The van der Waals surface area contributed by atoms with Crippen LogP contribution in [0.2, 0.25) is 10.0 Å². The van der Waals surface area contributed by atoms with E-state index in [1.54, 1.807) is 70.9 Å². The van der Waals surface area contributed by atoms with Crippen molar-refractivity contribution in [1.82, 2.24) is 0 Å². The monoisotopic (exact) mass is 1720 g/mol. The number of rotatable bonds is 7. The van der Waals surface area contributed by atoms with Crippen LogP contribution >= 0.6 is 23.2 Å². The molecule has 0 atom stereocenters. The summed E-state index contributed by atoms with van der Waals surface area (Å²) in [7, 11) is 0. The first kappa shape index (κ1) is 111. The summed E-state index contributed by atoms with van der Waals surface area (Å²) >= 11 is 11.9. The van der Waals surface area contributed by atoms with E-state index in [2.05, 4.69) is 331 Å². The third kappa shape index (κ3) is 35.3. The van der Waals surface area contributed by atoms with E-state index in [1.165, 1.54) is 94.1 Å². The Morgan fingerprint density at radius 2 is 0.645 bits per heavy atom. The van der Waals surface area contributed by atoms with Crippen LogP contribution in [0.25, 0.3) is 0 Å². The molecule has 0 N–H and O–H groups in total. The molecule has 0 unspecified atom stereocenters. The Morgan fingerprint density at radius 1 is 0.322 bits per heavy atom. The molecule has 0 nitrogen and oxygen atoms in total. The maximum atomic E-state index is 13.2. The second kappa shape index (κ2) is 47.4. The molecule has 4 aliphatic carbocycles. The first-order valence-corrected chi connectivity index (χ1v) is 45.5. The van der Waals surface area contributed by atoms with Crippen molar-refractivity contribution in [2.75, 3.05) is 0 Å². The molecule has 0 radical (unpaired) electrons. The predicted octanol–water partition coefficient (Wildman–Crippen LogP) is 37.5. The van der Waals surface area contributed by atoms with Crippen molar-refractivity contribution >= 4 is 23.2 Å². The zero-order valence-corrected chi connectivity index (χ0v) is 83.8. The van der Waals surface area contributed by atoms with Gasteiger partial charge in [-0.25, -0.2) is 22.0 Å². The normalized spacial score (nSPS) is 16.3. The van der Waals surface area contributed by atoms with Crippen LogP contribution in [0.5, 0.6) is 0 Å². The molecule has 8 aromatic carbocycles. The van der Waals surface area contributed by atoms with E-state index >= 15 is 0 Å². The summed E-state index contributed by atoms with van der Waals surface area (Å²) in [5.74, 6) is -0.791. The van der Waals surface area contributed by atoms with E-state index in [0.717, 1.165) is 56.7 Å². The summed E-state index contributed by atoms with van der Waals surface area (Å²) in [4.78, 5) is 0. The molecule has 676 valence electrons. The second-order valence-electron chi connectivity index (χ2n) is 43.2. The van der Waals surface area contributed by atoms with Gasteiger partial charge in [-0.15, -0.1) is 0 Å². The third-order valence-corrected chi connectivity index (χ3v) is 24.4. The van der Waals surface area contributed by atoms with Crippen LogP contribution in [0, 0.1) is 97.2 Å². The van der Waals surface area contributed by atoms with Gasteiger partial charge in [-0.2, -0.15) is 13.2 Å². The Balaban J connectivity index is 0.000000458. The van der Waals surface area contributed by atoms with E-state index in [0.29, 0.717) is 51.9 Å². The van der Waals surface area contributed by atoms with E-state index in [1.807, 2.05) is 18.2 Å². The number of hydrogen-bond donors (Lipinski definition) is 0. The first-order chi connectivity index (χ1) is 55.1. The van der Waals surface area contributed by atoms with Crippen LogP contribution in [0.1, 0.15) is 398 Å². The van der Waals surface area contributed by atoms with E-state index in [9.17, 15) is 35.1 Å². The predicted molar refractivity (Wildman–Crippen MR) is 513 cm³/mol. The zero-order valence-electron chi connectivity index (χ0n) is 82.3. The summed E-state index contributed by atoms with van der Waals surface area (Å²) in [5, 5.41) is 1.51. The highest BCUT2D eigenvalue weighted by atomic mass is 35.5. The molecule has 4 aliphatic rings. The lowest BCUT2D eigenvalue weighted by molar-refractivity contribution is -0.138. The number of aryl methyl sites for hydroxylation is 4. The minimum atomic E-state index is -4.26. The van der Waals surface area contributed by atoms with Gasteiger partial charge in [0.25, 0.3) is 0 Å². The summed E-state index contributed by atoms with van der Waals surface area (Å²) in [6.45, 7) is 81.5. The van der Waals surface area contributed by atoms with Crippen LogP contribution in [0.15, 0.2) is 152 Å². The number of alkyl halides is 3. The van der Waals surface area contributed by atoms with Crippen molar-refractivity contribution in [2.24, 2.45) is 40.4 Å². The molecule has 0 aromatic heterocycles. The van der Waals surface area contributed by atoms with Gasteiger partial charge < -0.3 is 0 Å². The molecule has 0 aliphatic heterocycles. The molecular formula is C111H162Cl2F8. The topological polar surface area (TPSA) is 0 Å². The standard InChI is InChI=1S/C15H24.C13H22.C13H20.C12H18.C11H13F3.C11H16.C10H9F5.C10H14.C9H10Cl2.C7H16/c1-10(2)13-8-7-9-14(11(3)4)15(13)12(5)6;1-9(2)13-6-10-3-11(7-13)5-12(4-10)8-13;1-10(2)11-8-6-7-9-12(11)13(3,4)5;1-9-7-6-8-10(2)11(9)12(3,4)5;1-10(2,3)8-6-4-5-7-9(8)11(12,13)14;1-8(2)11-6-9(3)5-10(4)7-11;1-10(2,3)4-5(11)7(13)9(15)8(14)6(4)12;1-10(2,3)9-7-5-4-6-8-9;1-6(2)9-7(10)4-3-5-8(9)11;1-6(2)7(3,4)5/h7-12H,1-6H3;9-12H,3-8H2,1-2H3;6-10H,1-5H3;6-8H,1-5H3;4-7H,1-3H3;5-8H,1-4H3;1-3H3;4-8H,1-3H3;3-6H,1-2H3;6H,1-5H3. The molecule has 121 heavy (non-hydrogen) atoms. The fourth-order valence-electron chi connectivity index (χ4n) is 16.8. The number of halogens is 10. The van der Waals surface area contributed by atoms with Gasteiger partial charge in [-0.3, -0.25) is 0 Å². The van der Waals surface area contributed by atoms with E-state index < -0.39 is 57.2 Å². The maximum Gasteiger partial charge on any atom is 0.416 e.